The highest BCUT2D eigenvalue weighted by atomic mass is 32.2. The van der Waals surface area contributed by atoms with E-state index in [0.29, 0.717) is 17.4 Å². The third kappa shape index (κ3) is 2.38. The first-order valence-electron chi connectivity index (χ1n) is 4.63. The van der Waals surface area contributed by atoms with E-state index in [2.05, 4.69) is 6.92 Å². The lowest BCUT2D eigenvalue weighted by Crippen LogP contribution is -2.32. The van der Waals surface area contributed by atoms with E-state index in [1.807, 2.05) is 6.26 Å². The van der Waals surface area contributed by atoms with E-state index in [9.17, 15) is 9.59 Å². The van der Waals surface area contributed by atoms with E-state index >= 15 is 0 Å². The summed E-state index contributed by atoms with van der Waals surface area (Å²) in [5, 5.41) is 0.483. The molecular formula is C10H15NO2S. The lowest BCUT2D eigenvalue weighted by Gasteiger charge is -2.16. The molecule has 0 aliphatic carbocycles. The number of thioether (sulfide) groups is 1. The summed E-state index contributed by atoms with van der Waals surface area (Å²) in [5.74, 6) is -0.302. The van der Waals surface area contributed by atoms with Crippen molar-refractivity contribution in [2.75, 3.05) is 12.8 Å². The molecule has 1 aliphatic heterocycles. The Hall–Kier alpha value is -0.770. The van der Waals surface area contributed by atoms with Gasteiger partial charge < -0.3 is 0 Å². The summed E-state index contributed by atoms with van der Waals surface area (Å²) in [4.78, 5) is 24.1. The standard InChI is InChI=1S/C10H15NO2S/c1-7-6-9(12)11(10(7)13)5-4-8(2)14-3/h6,8H,4-5H2,1-3H3. The molecule has 0 saturated carbocycles. The van der Waals surface area contributed by atoms with Crippen LogP contribution in [0.5, 0.6) is 0 Å². The zero-order valence-corrected chi connectivity index (χ0v) is 9.56. The molecule has 1 unspecified atom stereocenters. The van der Waals surface area contributed by atoms with Gasteiger partial charge in [0.2, 0.25) is 0 Å². The van der Waals surface area contributed by atoms with Crippen LogP contribution in [0.1, 0.15) is 20.3 Å². The van der Waals surface area contributed by atoms with Crippen molar-refractivity contribution in [1.29, 1.82) is 0 Å². The molecule has 2 amide bonds. The molecule has 78 valence electrons. The van der Waals surface area contributed by atoms with Gasteiger partial charge in [0.05, 0.1) is 0 Å². The van der Waals surface area contributed by atoms with Crippen LogP contribution in [0.2, 0.25) is 0 Å². The van der Waals surface area contributed by atoms with Gasteiger partial charge >= 0.3 is 0 Å². The van der Waals surface area contributed by atoms with Gasteiger partial charge in [0.25, 0.3) is 11.8 Å². The Morgan fingerprint density at radius 2 is 2.14 bits per heavy atom. The van der Waals surface area contributed by atoms with Crippen LogP contribution in [0.25, 0.3) is 0 Å². The van der Waals surface area contributed by atoms with Crippen LogP contribution < -0.4 is 0 Å². The minimum absolute atomic E-state index is 0.136. The van der Waals surface area contributed by atoms with Crippen molar-refractivity contribution in [2.45, 2.75) is 25.5 Å². The highest BCUT2D eigenvalue weighted by molar-refractivity contribution is 7.99. The Balaban J connectivity index is 2.48. The van der Waals surface area contributed by atoms with Gasteiger partial charge in [-0.1, -0.05) is 6.92 Å². The SMILES string of the molecule is CSC(C)CCN1C(=O)C=C(C)C1=O. The normalized spacial score (nSPS) is 18.8. The van der Waals surface area contributed by atoms with E-state index in [4.69, 9.17) is 0 Å². The van der Waals surface area contributed by atoms with Crippen molar-refractivity contribution < 1.29 is 9.59 Å². The topological polar surface area (TPSA) is 37.4 Å². The van der Waals surface area contributed by atoms with E-state index in [0.717, 1.165) is 6.42 Å². The molecule has 3 nitrogen and oxygen atoms in total. The molecule has 0 aromatic carbocycles. The maximum Gasteiger partial charge on any atom is 0.256 e. The van der Waals surface area contributed by atoms with E-state index in [1.165, 1.54) is 11.0 Å². The molecule has 0 N–H and O–H groups in total. The van der Waals surface area contributed by atoms with E-state index < -0.39 is 0 Å². The molecule has 0 saturated heterocycles. The van der Waals surface area contributed by atoms with Gasteiger partial charge in [0.15, 0.2) is 0 Å². The fourth-order valence-corrected chi connectivity index (χ4v) is 1.62. The Morgan fingerprint density at radius 3 is 2.57 bits per heavy atom. The van der Waals surface area contributed by atoms with Gasteiger partial charge in [-0.05, 0) is 19.6 Å². The number of rotatable bonds is 4. The fraction of sp³-hybridized carbons (Fsp3) is 0.600. The quantitative estimate of drug-likeness (QED) is 0.663. The van der Waals surface area contributed by atoms with Crippen molar-refractivity contribution >= 4 is 23.6 Å². The fourth-order valence-electron chi connectivity index (χ4n) is 1.28. The number of imide groups is 1. The van der Waals surface area contributed by atoms with E-state index in [1.54, 1.807) is 18.7 Å². The maximum atomic E-state index is 11.4. The molecule has 1 rings (SSSR count). The Labute approximate surface area is 88.5 Å². The second-order valence-corrected chi connectivity index (χ2v) is 4.73. The van der Waals surface area contributed by atoms with Crippen molar-refractivity contribution in [3.63, 3.8) is 0 Å². The summed E-state index contributed by atoms with van der Waals surface area (Å²) in [6, 6.07) is 0. The zero-order valence-electron chi connectivity index (χ0n) is 8.74. The van der Waals surface area contributed by atoms with Gasteiger partial charge in [0.1, 0.15) is 0 Å². The molecular weight excluding hydrogens is 198 g/mol. The van der Waals surface area contributed by atoms with Crippen LogP contribution in [0.4, 0.5) is 0 Å². The van der Waals surface area contributed by atoms with Gasteiger partial charge in [-0.15, -0.1) is 0 Å². The average molecular weight is 213 g/mol. The van der Waals surface area contributed by atoms with E-state index in [-0.39, 0.29) is 11.8 Å². The number of amides is 2. The van der Waals surface area contributed by atoms with Gasteiger partial charge in [0, 0.05) is 23.4 Å². The first-order valence-corrected chi connectivity index (χ1v) is 5.92. The molecule has 0 aromatic rings. The Kier molecular flexibility index (Phi) is 3.75. The van der Waals surface area contributed by atoms with Crippen LogP contribution in [0, 0.1) is 0 Å². The predicted molar refractivity (Wildman–Crippen MR) is 58.1 cm³/mol. The highest BCUT2D eigenvalue weighted by Crippen LogP contribution is 2.15. The van der Waals surface area contributed by atoms with Gasteiger partial charge in [-0.25, -0.2) is 0 Å². The molecule has 4 heteroatoms. The lowest BCUT2D eigenvalue weighted by molar-refractivity contribution is -0.137. The molecule has 0 spiro atoms. The van der Waals surface area contributed by atoms with Crippen molar-refractivity contribution in [3.8, 4) is 0 Å². The zero-order chi connectivity index (χ0) is 10.7. The highest BCUT2D eigenvalue weighted by Gasteiger charge is 2.27. The molecule has 14 heavy (non-hydrogen) atoms. The molecule has 0 bridgehead atoms. The summed E-state index contributed by atoms with van der Waals surface area (Å²) in [6.45, 7) is 4.31. The number of hydrogen-bond acceptors (Lipinski definition) is 3. The maximum absolute atomic E-state index is 11.4. The summed E-state index contributed by atoms with van der Waals surface area (Å²) in [6.07, 6.45) is 4.30. The van der Waals surface area contributed by atoms with Crippen LogP contribution >= 0.6 is 11.8 Å². The van der Waals surface area contributed by atoms with Crippen molar-refractivity contribution in [1.82, 2.24) is 4.90 Å². The largest absolute Gasteiger partial charge is 0.275 e. The minimum atomic E-state index is -0.166. The molecule has 1 atom stereocenters. The van der Waals surface area contributed by atoms with Crippen LogP contribution in [0.3, 0.4) is 0 Å². The number of hydrogen-bond donors (Lipinski definition) is 0. The molecule has 0 radical (unpaired) electrons. The third-order valence-corrected chi connectivity index (χ3v) is 3.39. The number of carbonyl (C=O) groups excluding carboxylic acids is 2. The van der Waals surface area contributed by atoms with Gasteiger partial charge in [-0.3, -0.25) is 14.5 Å². The van der Waals surface area contributed by atoms with Crippen LogP contribution in [0.15, 0.2) is 11.6 Å². The summed E-state index contributed by atoms with van der Waals surface area (Å²) >= 11 is 1.75. The molecule has 0 fully saturated rings. The molecule has 1 heterocycles. The van der Waals surface area contributed by atoms with Gasteiger partial charge in [-0.2, -0.15) is 11.8 Å². The van der Waals surface area contributed by atoms with Crippen molar-refractivity contribution in [3.05, 3.63) is 11.6 Å². The average Bonchev–Trinajstić information content (AvgIpc) is 2.39. The third-order valence-electron chi connectivity index (χ3n) is 2.35. The smallest absolute Gasteiger partial charge is 0.256 e. The Morgan fingerprint density at radius 1 is 1.50 bits per heavy atom. The summed E-state index contributed by atoms with van der Waals surface area (Å²) in [7, 11) is 0. The second-order valence-electron chi connectivity index (χ2n) is 3.46. The summed E-state index contributed by atoms with van der Waals surface area (Å²) in [5.41, 5.74) is 0.548. The lowest BCUT2D eigenvalue weighted by atomic mass is 10.3. The first-order chi connectivity index (χ1) is 6.56. The van der Waals surface area contributed by atoms with Crippen LogP contribution in [-0.2, 0) is 9.59 Å². The molecule has 1 aliphatic rings. The summed E-state index contributed by atoms with van der Waals surface area (Å²) < 4.78 is 0. The predicted octanol–water partition coefficient (Wildman–Crippen LogP) is 1.44. The monoisotopic (exact) mass is 213 g/mol. The molecule has 0 aromatic heterocycles. The minimum Gasteiger partial charge on any atom is -0.275 e. The van der Waals surface area contributed by atoms with Crippen LogP contribution in [-0.4, -0.2) is 34.8 Å². The number of carbonyl (C=O) groups is 2. The first kappa shape index (κ1) is 11.3. The number of nitrogens with zero attached hydrogens (tertiary/aromatic N) is 1. The second kappa shape index (κ2) is 4.64. The Bertz CT molecular complexity index is 286. The van der Waals surface area contributed by atoms with Crippen molar-refractivity contribution in [2.24, 2.45) is 0 Å².